The van der Waals surface area contributed by atoms with E-state index in [1.807, 2.05) is 6.20 Å². The van der Waals surface area contributed by atoms with Crippen molar-refractivity contribution in [3.05, 3.63) is 83.8 Å². The third kappa shape index (κ3) is 2.88. The van der Waals surface area contributed by atoms with E-state index in [0.29, 0.717) is 5.92 Å². The van der Waals surface area contributed by atoms with Crippen LogP contribution in [0.5, 0.6) is 0 Å². The van der Waals surface area contributed by atoms with Crippen molar-refractivity contribution in [3.63, 3.8) is 0 Å². The highest BCUT2D eigenvalue weighted by atomic mass is 14.9. The number of hydrogen-bond acceptors (Lipinski definition) is 3. The number of rotatable bonds is 2. The van der Waals surface area contributed by atoms with E-state index in [4.69, 9.17) is 0 Å². The zero-order valence-corrected chi connectivity index (χ0v) is 12.9. The zero-order valence-electron chi connectivity index (χ0n) is 12.9. The molecule has 1 unspecified atom stereocenters. The molecule has 3 heteroatoms. The Balaban J connectivity index is 1.77. The summed E-state index contributed by atoms with van der Waals surface area (Å²) in [5.41, 5.74) is 6.24. The highest BCUT2D eigenvalue weighted by Gasteiger charge is 2.20. The molecule has 0 aliphatic carbocycles. The first-order valence-electron chi connectivity index (χ1n) is 8.07. The molecule has 0 amide bonds. The molecule has 1 aromatic heterocycles. The first-order chi connectivity index (χ1) is 11.4. The highest BCUT2D eigenvalue weighted by Crippen LogP contribution is 2.33. The predicted molar refractivity (Wildman–Crippen MR) is 92.1 cm³/mol. The average Bonchev–Trinajstić information content (AvgIpc) is 2.85. The van der Waals surface area contributed by atoms with Gasteiger partial charge in [0.2, 0.25) is 0 Å². The highest BCUT2D eigenvalue weighted by molar-refractivity contribution is 5.61. The number of nitrogens with zero attached hydrogens (tertiary/aromatic N) is 2. The van der Waals surface area contributed by atoms with Crippen molar-refractivity contribution in [1.82, 2.24) is 15.3 Å². The van der Waals surface area contributed by atoms with Crippen LogP contribution >= 0.6 is 0 Å². The molecule has 2 aromatic carbocycles. The summed E-state index contributed by atoms with van der Waals surface area (Å²) in [5.74, 6) is 0.456. The second-order valence-electron chi connectivity index (χ2n) is 5.93. The Morgan fingerprint density at radius 1 is 1.00 bits per heavy atom. The minimum absolute atomic E-state index is 0.456. The summed E-state index contributed by atoms with van der Waals surface area (Å²) in [6.45, 7) is 1.95. The molecule has 23 heavy (non-hydrogen) atoms. The molecule has 0 saturated heterocycles. The molecule has 4 rings (SSSR count). The Morgan fingerprint density at radius 3 is 2.74 bits per heavy atom. The van der Waals surface area contributed by atoms with Crippen LogP contribution in [0.25, 0.3) is 11.3 Å². The molecule has 3 aromatic rings. The molecule has 0 bridgehead atoms. The van der Waals surface area contributed by atoms with Crippen molar-refractivity contribution in [2.24, 2.45) is 0 Å². The predicted octanol–water partition coefficient (Wildman–Crippen LogP) is 3.77. The van der Waals surface area contributed by atoms with E-state index in [0.717, 1.165) is 30.8 Å². The number of nitrogens with one attached hydrogen (secondary N) is 1. The molecule has 1 aliphatic heterocycles. The van der Waals surface area contributed by atoms with Crippen LogP contribution in [-0.4, -0.2) is 16.5 Å². The van der Waals surface area contributed by atoms with Crippen LogP contribution in [0.3, 0.4) is 0 Å². The molecular formula is C20H19N3. The SMILES string of the molecule is c1ccc(C2CCNCc3cc(-c4cnccn4)ccc32)cc1. The molecular weight excluding hydrogens is 282 g/mol. The Morgan fingerprint density at radius 2 is 1.91 bits per heavy atom. The van der Waals surface area contributed by atoms with Crippen molar-refractivity contribution in [1.29, 1.82) is 0 Å². The second-order valence-corrected chi connectivity index (χ2v) is 5.93. The van der Waals surface area contributed by atoms with Gasteiger partial charge in [0.15, 0.2) is 0 Å². The quantitative estimate of drug-likeness (QED) is 0.783. The van der Waals surface area contributed by atoms with E-state index in [2.05, 4.69) is 63.8 Å². The Labute approximate surface area is 136 Å². The van der Waals surface area contributed by atoms with E-state index >= 15 is 0 Å². The molecule has 0 saturated carbocycles. The van der Waals surface area contributed by atoms with Crippen molar-refractivity contribution in [3.8, 4) is 11.3 Å². The Kier molecular flexibility index (Phi) is 3.86. The molecule has 2 heterocycles. The van der Waals surface area contributed by atoms with Gasteiger partial charge in [0.1, 0.15) is 0 Å². The molecule has 1 N–H and O–H groups in total. The third-order valence-corrected chi connectivity index (χ3v) is 4.50. The lowest BCUT2D eigenvalue weighted by molar-refractivity contribution is 0.647. The standard InChI is InChI=1S/C20H19N3/c1-2-4-15(5-3-1)19-8-9-21-13-17-12-16(6-7-18(17)19)20-14-22-10-11-23-20/h1-7,10-12,14,19,21H,8-9,13H2. The fourth-order valence-electron chi connectivity index (χ4n) is 3.36. The fourth-order valence-corrected chi connectivity index (χ4v) is 3.36. The first kappa shape index (κ1) is 14.1. The van der Waals surface area contributed by atoms with E-state index in [-0.39, 0.29) is 0 Å². The van der Waals surface area contributed by atoms with Crippen LogP contribution in [-0.2, 0) is 6.54 Å². The Bertz CT molecular complexity index is 784. The Hall–Kier alpha value is -2.52. The molecule has 1 aliphatic rings. The van der Waals surface area contributed by atoms with E-state index in [1.165, 1.54) is 16.7 Å². The van der Waals surface area contributed by atoms with E-state index < -0.39 is 0 Å². The maximum atomic E-state index is 4.42. The number of benzene rings is 2. The van der Waals surface area contributed by atoms with Crippen LogP contribution in [0.2, 0.25) is 0 Å². The van der Waals surface area contributed by atoms with Gasteiger partial charge in [-0.25, -0.2) is 0 Å². The van der Waals surface area contributed by atoms with Gasteiger partial charge in [0.25, 0.3) is 0 Å². The maximum Gasteiger partial charge on any atom is 0.0885 e. The monoisotopic (exact) mass is 301 g/mol. The summed E-state index contributed by atoms with van der Waals surface area (Å²) >= 11 is 0. The van der Waals surface area contributed by atoms with Crippen molar-refractivity contribution < 1.29 is 0 Å². The van der Waals surface area contributed by atoms with Gasteiger partial charge in [-0.1, -0.05) is 42.5 Å². The average molecular weight is 301 g/mol. The van der Waals surface area contributed by atoms with Gasteiger partial charge < -0.3 is 5.32 Å². The molecule has 3 nitrogen and oxygen atoms in total. The summed E-state index contributed by atoms with van der Waals surface area (Å²) in [7, 11) is 0. The second kappa shape index (κ2) is 6.31. The van der Waals surface area contributed by atoms with Gasteiger partial charge in [0, 0.05) is 30.4 Å². The van der Waals surface area contributed by atoms with Gasteiger partial charge >= 0.3 is 0 Å². The van der Waals surface area contributed by atoms with Crippen LogP contribution in [0.1, 0.15) is 29.0 Å². The summed E-state index contributed by atoms with van der Waals surface area (Å²) in [6, 6.07) is 17.5. The van der Waals surface area contributed by atoms with E-state index in [1.54, 1.807) is 12.4 Å². The minimum atomic E-state index is 0.456. The number of aromatic nitrogens is 2. The molecule has 0 radical (unpaired) electrons. The first-order valence-corrected chi connectivity index (χ1v) is 8.07. The van der Waals surface area contributed by atoms with Crippen LogP contribution in [0, 0.1) is 0 Å². The van der Waals surface area contributed by atoms with Gasteiger partial charge in [0.05, 0.1) is 11.9 Å². The molecule has 114 valence electrons. The summed E-state index contributed by atoms with van der Waals surface area (Å²) < 4.78 is 0. The molecule has 0 spiro atoms. The van der Waals surface area contributed by atoms with Gasteiger partial charge in [-0.3, -0.25) is 9.97 Å². The summed E-state index contributed by atoms with van der Waals surface area (Å²) in [4.78, 5) is 8.59. The lowest BCUT2D eigenvalue weighted by atomic mass is 9.86. The number of hydrogen-bond donors (Lipinski definition) is 1. The van der Waals surface area contributed by atoms with Crippen molar-refractivity contribution >= 4 is 0 Å². The van der Waals surface area contributed by atoms with Crippen LogP contribution in [0.15, 0.2) is 67.1 Å². The normalized spacial score (nSPS) is 17.3. The van der Waals surface area contributed by atoms with Crippen molar-refractivity contribution in [2.75, 3.05) is 6.54 Å². The van der Waals surface area contributed by atoms with Crippen molar-refractivity contribution in [2.45, 2.75) is 18.9 Å². The lowest BCUT2D eigenvalue weighted by Crippen LogP contribution is -2.12. The largest absolute Gasteiger partial charge is 0.313 e. The smallest absolute Gasteiger partial charge is 0.0885 e. The lowest BCUT2D eigenvalue weighted by Gasteiger charge is -2.18. The summed E-state index contributed by atoms with van der Waals surface area (Å²) in [6.07, 6.45) is 6.40. The topological polar surface area (TPSA) is 37.8 Å². The van der Waals surface area contributed by atoms with Crippen LogP contribution in [0.4, 0.5) is 0 Å². The third-order valence-electron chi connectivity index (χ3n) is 4.50. The van der Waals surface area contributed by atoms with E-state index in [9.17, 15) is 0 Å². The van der Waals surface area contributed by atoms with Gasteiger partial charge in [-0.15, -0.1) is 0 Å². The molecule has 0 fully saturated rings. The fraction of sp³-hybridized carbons (Fsp3) is 0.200. The summed E-state index contributed by atoms with van der Waals surface area (Å²) in [5, 5.41) is 3.55. The minimum Gasteiger partial charge on any atom is -0.313 e. The zero-order chi connectivity index (χ0) is 15.5. The maximum absolute atomic E-state index is 4.42. The van der Waals surface area contributed by atoms with Crippen LogP contribution < -0.4 is 5.32 Å². The molecule has 1 atom stereocenters. The van der Waals surface area contributed by atoms with Gasteiger partial charge in [-0.05, 0) is 35.7 Å². The number of fused-ring (bicyclic) bond motifs is 1. The van der Waals surface area contributed by atoms with Gasteiger partial charge in [-0.2, -0.15) is 0 Å².